The number of hydrogen-bond donors (Lipinski definition) is 1. The molecule has 0 unspecified atom stereocenters. The van der Waals surface area contributed by atoms with Gasteiger partial charge in [-0.05, 0) is 44.5 Å². The minimum atomic E-state index is -0.512. The van der Waals surface area contributed by atoms with Crippen LogP contribution in [-0.4, -0.2) is 31.6 Å². The van der Waals surface area contributed by atoms with Crippen LogP contribution in [0.3, 0.4) is 0 Å². The Bertz CT molecular complexity index is 530. The Balaban J connectivity index is 2.11. The Morgan fingerprint density at radius 1 is 1.50 bits per heavy atom. The molecule has 0 saturated carbocycles. The number of nitriles is 1. The molecule has 1 aromatic rings. The molecule has 1 aliphatic heterocycles. The van der Waals surface area contributed by atoms with E-state index in [9.17, 15) is 10.1 Å². The van der Waals surface area contributed by atoms with Crippen molar-refractivity contribution in [2.45, 2.75) is 12.8 Å². The molecule has 0 aromatic heterocycles. The van der Waals surface area contributed by atoms with E-state index in [0.717, 1.165) is 38.2 Å². The zero-order valence-electron chi connectivity index (χ0n) is 11.5. The van der Waals surface area contributed by atoms with Gasteiger partial charge >= 0.3 is 0 Å². The van der Waals surface area contributed by atoms with E-state index in [1.165, 1.54) is 6.07 Å². The molecule has 6 heteroatoms. The third kappa shape index (κ3) is 3.06. The number of rotatable bonds is 4. The van der Waals surface area contributed by atoms with Crippen molar-refractivity contribution in [2.24, 2.45) is 5.92 Å². The standard InChI is InChI=1S/C14H18N4O2/c1-16-10-11-4-6-17(7-5-11)13-2-3-14(18(19)20)12(8-13)9-15/h2-3,8,11,16H,4-7,10H2,1H3. The Morgan fingerprint density at radius 2 is 2.20 bits per heavy atom. The molecule has 1 fully saturated rings. The molecule has 1 heterocycles. The molecule has 6 nitrogen and oxygen atoms in total. The molecule has 0 radical (unpaired) electrons. The molecule has 1 aromatic carbocycles. The van der Waals surface area contributed by atoms with Gasteiger partial charge in [-0.25, -0.2) is 0 Å². The van der Waals surface area contributed by atoms with Crippen LogP contribution < -0.4 is 10.2 Å². The highest BCUT2D eigenvalue weighted by molar-refractivity contribution is 5.60. The van der Waals surface area contributed by atoms with E-state index in [2.05, 4.69) is 10.2 Å². The molecule has 2 rings (SSSR count). The summed E-state index contributed by atoms with van der Waals surface area (Å²) in [4.78, 5) is 12.5. The van der Waals surface area contributed by atoms with E-state index in [-0.39, 0.29) is 11.3 Å². The minimum Gasteiger partial charge on any atom is -0.371 e. The third-order valence-corrected chi connectivity index (χ3v) is 3.77. The number of anilines is 1. The molecule has 0 atom stereocenters. The maximum absolute atomic E-state index is 10.8. The average molecular weight is 274 g/mol. The van der Waals surface area contributed by atoms with Crippen LogP contribution in [0.5, 0.6) is 0 Å². The SMILES string of the molecule is CNCC1CCN(c2ccc([N+](=O)[O-])c(C#N)c2)CC1. The van der Waals surface area contributed by atoms with Crippen molar-refractivity contribution in [3.05, 3.63) is 33.9 Å². The van der Waals surface area contributed by atoms with Gasteiger partial charge in [-0.3, -0.25) is 10.1 Å². The van der Waals surface area contributed by atoms with Crippen molar-refractivity contribution in [3.63, 3.8) is 0 Å². The zero-order valence-corrected chi connectivity index (χ0v) is 11.5. The second-order valence-electron chi connectivity index (χ2n) is 5.06. The monoisotopic (exact) mass is 274 g/mol. The zero-order chi connectivity index (χ0) is 14.5. The van der Waals surface area contributed by atoms with Gasteiger partial charge in [0.1, 0.15) is 11.6 Å². The molecular formula is C14H18N4O2. The highest BCUT2D eigenvalue weighted by Crippen LogP contribution is 2.27. The summed E-state index contributed by atoms with van der Waals surface area (Å²) in [7, 11) is 1.96. The molecule has 0 aliphatic carbocycles. The predicted octanol–water partition coefficient (Wildman–Crippen LogP) is 1.90. The van der Waals surface area contributed by atoms with Gasteiger partial charge in [-0.15, -0.1) is 0 Å². The lowest BCUT2D eigenvalue weighted by Gasteiger charge is -2.33. The van der Waals surface area contributed by atoms with Gasteiger partial charge < -0.3 is 10.2 Å². The molecule has 0 spiro atoms. The first-order valence-electron chi connectivity index (χ1n) is 6.73. The molecule has 1 N–H and O–H groups in total. The summed E-state index contributed by atoms with van der Waals surface area (Å²) in [5, 5.41) is 23.0. The summed E-state index contributed by atoms with van der Waals surface area (Å²) in [6, 6.07) is 6.69. The highest BCUT2D eigenvalue weighted by Gasteiger charge is 2.21. The fourth-order valence-corrected chi connectivity index (χ4v) is 2.65. The lowest BCUT2D eigenvalue weighted by Crippen LogP contribution is -2.36. The van der Waals surface area contributed by atoms with Crippen LogP contribution in [0, 0.1) is 27.4 Å². The van der Waals surface area contributed by atoms with Crippen molar-refractivity contribution in [3.8, 4) is 6.07 Å². The molecule has 1 aliphatic rings. The van der Waals surface area contributed by atoms with Crippen LogP contribution in [0.15, 0.2) is 18.2 Å². The first-order chi connectivity index (χ1) is 9.65. The lowest BCUT2D eigenvalue weighted by atomic mass is 9.96. The smallest absolute Gasteiger partial charge is 0.287 e. The summed E-state index contributed by atoms with van der Waals surface area (Å²) in [5.74, 6) is 0.685. The van der Waals surface area contributed by atoms with E-state index in [1.807, 2.05) is 13.1 Å². The molecule has 0 amide bonds. The van der Waals surface area contributed by atoms with Crippen molar-refractivity contribution < 1.29 is 4.92 Å². The molecule has 106 valence electrons. The van der Waals surface area contributed by atoms with Crippen molar-refractivity contribution in [1.29, 1.82) is 5.26 Å². The fourth-order valence-electron chi connectivity index (χ4n) is 2.65. The van der Waals surface area contributed by atoms with Gasteiger partial charge in [0.05, 0.1) is 4.92 Å². The van der Waals surface area contributed by atoms with E-state index < -0.39 is 4.92 Å². The number of nitrogens with zero attached hydrogens (tertiary/aromatic N) is 3. The van der Waals surface area contributed by atoms with Gasteiger partial charge in [0.25, 0.3) is 5.69 Å². The molecule has 1 saturated heterocycles. The molecule has 0 bridgehead atoms. The Kier molecular flexibility index (Phi) is 4.53. The third-order valence-electron chi connectivity index (χ3n) is 3.77. The van der Waals surface area contributed by atoms with E-state index >= 15 is 0 Å². The molecular weight excluding hydrogens is 256 g/mol. The number of nitro benzene ring substituents is 1. The highest BCUT2D eigenvalue weighted by atomic mass is 16.6. The second kappa shape index (κ2) is 6.35. The Morgan fingerprint density at radius 3 is 2.75 bits per heavy atom. The van der Waals surface area contributed by atoms with Crippen LogP contribution in [0.2, 0.25) is 0 Å². The number of piperidine rings is 1. The predicted molar refractivity (Wildman–Crippen MR) is 76.7 cm³/mol. The largest absolute Gasteiger partial charge is 0.371 e. The van der Waals surface area contributed by atoms with Gasteiger partial charge in [0.2, 0.25) is 0 Å². The normalized spacial score (nSPS) is 15.9. The Labute approximate surface area is 118 Å². The van der Waals surface area contributed by atoms with Crippen LogP contribution in [0.1, 0.15) is 18.4 Å². The number of benzene rings is 1. The first kappa shape index (κ1) is 14.3. The summed E-state index contributed by atoms with van der Waals surface area (Å²) < 4.78 is 0. The summed E-state index contributed by atoms with van der Waals surface area (Å²) in [5.41, 5.74) is 0.904. The first-order valence-corrected chi connectivity index (χ1v) is 6.73. The maximum Gasteiger partial charge on any atom is 0.287 e. The summed E-state index contributed by atoms with van der Waals surface area (Å²) >= 11 is 0. The lowest BCUT2D eigenvalue weighted by molar-refractivity contribution is -0.385. The maximum atomic E-state index is 10.8. The number of nitro groups is 1. The van der Waals surface area contributed by atoms with Crippen LogP contribution >= 0.6 is 0 Å². The van der Waals surface area contributed by atoms with Gasteiger partial charge in [-0.2, -0.15) is 5.26 Å². The van der Waals surface area contributed by atoms with Gasteiger partial charge in [0.15, 0.2) is 0 Å². The van der Waals surface area contributed by atoms with Gasteiger partial charge in [0, 0.05) is 24.8 Å². The second-order valence-corrected chi connectivity index (χ2v) is 5.06. The average Bonchev–Trinajstić information content (AvgIpc) is 2.47. The summed E-state index contributed by atoms with van der Waals surface area (Å²) in [6.07, 6.45) is 2.19. The van der Waals surface area contributed by atoms with Crippen molar-refractivity contribution in [2.75, 3.05) is 31.6 Å². The Hall–Kier alpha value is -2.13. The quantitative estimate of drug-likeness (QED) is 0.670. The van der Waals surface area contributed by atoms with Crippen LogP contribution in [-0.2, 0) is 0 Å². The van der Waals surface area contributed by atoms with E-state index in [4.69, 9.17) is 5.26 Å². The number of nitrogens with one attached hydrogen (secondary N) is 1. The van der Waals surface area contributed by atoms with E-state index in [1.54, 1.807) is 12.1 Å². The summed E-state index contributed by atoms with van der Waals surface area (Å²) in [6.45, 7) is 2.88. The fraction of sp³-hybridized carbons (Fsp3) is 0.500. The van der Waals surface area contributed by atoms with Crippen molar-refractivity contribution in [1.82, 2.24) is 5.32 Å². The molecule has 20 heavy (non-hydrogen) atoms. The topological polar surface area (TPSA) is 82.2 Å². The number of hydrogen-bond acceptors (Lipinski definition) is 5. The minimum absolute atomic E-state index is 0.124. The van der Waals surface area contributed by atoms with Crippen LogP contribution in [0.4, 0.5) is 11.4 Å². The van der Waals surface area contributed by atoms with E-state index in [0.29, 0.717) is 5.92 Å². The van der Waals surface area contributed by atoms with Crippen molar-refractivity contribution >= 4 is 11.4 Å². The van der Waals surface area contributed by atoms with Crippen LogP contribution in [0.25, 0.3) is 0 Å². The van der Waals surface area contributed by atoms with Gasteiger partial charge in [-0.1, -0.05) is 0 Å².